The number of amides is 1. The molecule has 7 heteroatoms. The first-order valence-electron chi connectivity index (χ1n) is 5.92. The number of thiocarbonyl (C=S) groups is 1. The zero-order chi connectivity index (χ0) is 15.0. The molecule has 1 amide bonds. The first-order chi connectivity index (χ1) is 10.1. The van der Waals surface area contributed by atoms with E-state index in [0.29, 0.717) is 21.5 Å². The molecule has 0 bridgehead atoms. The van der Waals surface area contributed by atoms with Gasteiger partial charge >= 0.3 is 0 Å². The summed E-state index contributed by atoms with van der Waals surface area (Å²) in [6, 6.07) is 9.05. The van der Waals surface area contributed by atoms with Gasteiger partial charge in [0.1, 0.15) is 5.70 Å². The molecule has 1 aromatic heterocycles. The smallest absolute Gasteiger partial charge is 0.281 e. The molecule has 1 aromatic carbocycles. The Hall–Kier alpha value is -1.21. The molecule has 0 aliphatic carbocycles. The van der Waals surface area contributed by atoms with E-state index in [2.05, 4.69) is 21.2 Å². The summed E-state index contributed by atoms with van der Waals surface area (Å²) in [6.07, 6.45) is 1.77. The predicted octanol–water partition coefficient (Wildman–Crippen LogP) is 4.43. The maximum absolute atomic E-state index is 12.5. The van der Waals surface area contributed by atoms with Gasteiger partial charge in [0.2, 0.25) is 0 Å². The van der Waals surface area contributed by atoms with Gasteiger partial charge in [-0.25, -0.2) is 0 Å². The standard InChI is InChI=1S/C14H8BrClN2OS2/c15-12-6-8(7-21-12)5-10-13(19)18(14(20)17-10)11-4-2-1-3-9(11)16/h1-7H,(H,17,20)/b10-5+. The van der Waals surface area contributed by atoms with Crippen molar-refractivity contribution in [2.45, 2.75) is 0 Å². The Balaban J connectivity index is 1.96. The van der Waals surface area contributed by atoms with Crippen LogP contribution in [0.25, 0.3) is 6.08 Å². The SMILES string of the molecule is O=C1/C(=C\c2csc(Br)c2)NC(=S)N1c1ccccc1Cl. The van der Waals surface area contributed by atoms with E-state index in [4.69, 9.17) is 23.8 Å². The highest BCUT2D eigenvalue weighted by Crippen LogP contribution is 2.30. The topological polar surface area (TPSA) is 32.3 Å². The normalized spacial score (nSPS) is 16.7. The molecule has 0 spiro atoms. The number of hydrogen-bond acceptors (Lipinski definition) is 3. The molecule has 1 aliphatic heterocycles. The Morgan fingerprint density at radius 1 is 1.38 bits per heavy atom. The Labute approximate surface area is 144 Å². The Kier molecular flexibility index (Phi) is 4.12. The minimum atomic E-state index is -0.213. The third kappa shape index (κ3) is 2.89. The number of halogens is 2. The maximum Gasteiger partial charge on any atom is 0.281 e. The summed E-state index contributed by atoms with van der Waals surface area (Å²) in [4.78, 5) is 13.9. The third-order valence-electron chi connectivity index (χ3n) is 2.87. The van der Waals surface area contributed by atoms with Gasteiger partial charge in [-0.1, -0.05) is 23.7 Å². The van der Waals surface area contributed by atoms with Gasteiger partial charge in [-0.3, -0.25) is 9.69 Å². The van der Waals surface area contributed by atoms with Gasteiger partial charge in [0.25, 0.3) is 5.91 Å². The molecule has 1 fully saturated rings. The fraction of sp³-hybridized carbons (Fsp3) is 0. The fourth-order valence-electron chi connectivity index (χ4n) is 1.95. The number of thiophene rings is 1. The van der Waals surface area contributed by atoms with Crippen LogP contribution in [0.5, 0.6) is 0 Å². The van der Waals surface area contributed by atoms with Crippen molar-refractivity contribution >= 4 is 73.9 Å². The van der Waals surface area contributed by atoms with E-state index in [1.807, 2.05) is 23.6 Å². The zero-order valence-electron chi connectivity index (χ0n) is 10.5. The van der Waals surface area contributed by atoms with Crippen molar-refractivity contribution in [3.05, 3.63) is 55.8 Å². The number of hydrogen-bond donors (Lipinski definition) is 1. The monoisotopic (exact) mass is 398 g/mol. The van der Waals surface area contributed by atoms with E-state index in [1.165, 1.54) is 4.90 Å². The maximum atomic E-state index is 12.5. The van der Waals surface area contributed by atoms with E-state index in [1.54, 1.807) is 29.5 Å². The number of anilines is 1. The molecular weight excluding hydrogens is 392 g/mol. The van der Waals surface area contributed by atoms with Gasteiger partial charge in [-0.2, -0.15) is 0 Å². The number of para-hydroxylation sites is 1. The van der Waals surface area contributed by atoms with Gasteiger partial charge in [-0.15, -0.1) is 11.3 Å². The second kappa shape index (κ2) is 5.88. The van der Waals surface area contributed by atoms with Gasteiger partial charge in [0.05, 0.1) is 14.5 Å². The largest absolute Gasteiger partial charge is 0.327 e. The lowest BCUT2D eigenvalue weighted by molar-refractivity contribution is -0.113. The summed E-state index contributed by atoms with van der Waals surface area (Å²) in [5.74, 6) is -0.213. The van der Waals surface area contributed by atoms with Crippen molar-refractivity contribution in [2.24, 2.45) is 0 Å². The van der Waals surface area contributed by atoms with Crippen molar-refractivity contribution in [2.75, 3.05) is 4.90 Å². The van der Waals surface area contributed by atoms with Gasteiger partial charge < -0.3 is 5.32 Å². The van der Waals surface area contributed by atoms with Crippen LogP contribution in [0.2, 0.25) is 5.02 Å². The van der Waals surface area contributed by atoms with E-state index >= 15 is 0 Å². The van der Waals surface area contributed by atoms with Crippen LogP contribution >= 0.6 is 51.1 Å². The van der Waals surface area contributed by atoms with Crippen molar-refractivity contribution in [3.8, 4) is 0 Å². The lowest BCUT2D eigenvalue weighted by Crippen LogP contribution is -2.30. The number of nitrogens with one attached hydrogen (secondary N) is 1. The van der Waals surface area contributed by atoms with E-state index in [-0.39, 0.29) is 5.91 Å². The van der Waals surface area contributed by atoms with Crippen molar-refractivity contribution < 1.29 is 4.79 Å². The van der Waals surface area contributed by atoms with Crippen LogP contribution in [-0.4, -0.2) is 11.0 Å². The Bertz CT molecular complexity index is 772. The Morgan fingerprint density at radius 2 is 2.14 bits per heavy atom. The lowest BCUT2D eigenvalue weighted by Gasteiger charge is -2.15. The molecule has 3 nitrogen and oxygen atoms in total. The molecule has 21 heavy (non-hydrogen) atoms. The van der Waals surface area contributed by atoms with E-state index in [9.17, 15) is 4.79 Å². The molecule has 2 heterocycles. The van der Waals surface area contributed by atoms with E-state index < -0.39 is 0 Å². The molecule has 0 saturated carbocycles. The van der Waals surface area contributed by atoms with Crippen LogP contribution in [-0.2, 0) is 4.79 Å². The summed E-state index contributed by atoms with van der Waals surface area (Å²) < 4.78 is 1.00. The molecule has 0 atom stereocenters. The van der Waals surface area contributed by atoms with Crippen molar-refractivity contribution in [1.82, 2.24) is 5.32 Å². The molecular formula is C14H8BrClN2OS2. The first kappa shape index (κ1) is 14.7. The van der Waals surface area contributed by atoms with Crippen LogP contribution < -0.4 is 10.2 Å². The highest BCUT2D eigenvalue weighted by atomic mass is 79.9. The number of carbonyl (C=O) groups is 1. The second-order valence-electron chi connectivity index (χ2n) is 4.26. The molecule has 2 aromatic rings. The molecule has 3 rings (SSSR count). The van der Waals surface area contributed by atoms with Crippen LogP contribution in [0.4, 0.5) is 5.69 Å². The minimum absolute atomic E-state index is 0.213. The highest BCUT2D eigenvalue weighted by molar-refractivity contribution is 9.11. The van der Waals surface area contributed by atoms with Crippen LogP contribution in [0.3, 0.4) is 0 Å². The number of carbonyl (C=O) groups excluding carboxylic acids is 1. The number of benzene rings is 1. The second-order valence-corrected chi connectivity index (χ2v) is 7.35. The Morgan fingerprint density at radius 3 is 2.81 bits per heavy atom. The van der Waals surface area contributed by atoms with Crippen LogP contribution in [0.1, 0.15) is 5.56 Å². The molecule has 106 valence electrons. The summed E-state index contributed by atoms with van der Waals surface area (Å²) in [7, 11) is 0. The summed E-state index contributed by atoms with van der Waals surface area (Å²) >= 11 is 16.3. The lowest BCUT2D eigenvalue weighted by atomic mass is 10.2. The number of nitrogens with zero attached hydrogens (tertiary/aromatic N) is 1. The number of rotatable bonds is 2. The molecule has 1 aliphatic rings. The fourth-order valence-corrected chi connectivity index (χ4v) is 3.60. The first-order valence-corrected chi connectivity index (χ1v) is 8.38. The van der Waals surface area contributed by atoms with E-state index in [0.717, 1.165) is 9.35 Å². The average molecular weight is 400 g/mol. The molecule has 1 saturated heterocycles. The average Bonchev–Trinajstić information content (AvgIpc) is 2.96. The van der Waals surface area contributed by atoms with Gasteiger partial charge in [0, 0.05) is 0 Å². The van der Waals surface area contributed by atoms with Gasteiger partial charge in [-0.05, 0) is 63.4 Å². The van der Waals surface area contributed by atoms with Crippen molar-refractivity contribution in [3.63, 3.8) is 0 Å². The summed E-state index contributed by atoms with van der Waals surface area (Å²) in [5.41, 5.74) is 1.95. The minimum Gasteiger partial charge on any atom is -0.327 e. The summed E-state index contributed by atoms with van der Waals surface area (Å²) in [5, 5.41) is 5.70. The third-order valence-corrected chi connectivity index (χ3v) is 5.00. The van der Waals surface area contributed by atoms with Gasteiger partial charge in [0.15, 0.2) is 5.11 Å². The van der Waals surface area contributed by atoms with Crippen molar-refractivity contribution in [1.29, 1.82) is 0 Å². The molecule has 1 N–H and O–H groups in total. The zero-order valence-corrected chi connectivity index (χ0v) is 14.4. The summed E-state index contributed by atoms with van der Waals surface area (Å²) in [6.45, 7) is 0. The van der Waals surface area contributed by atoms with Crippen LogP contribution in [0, 0.1) is 0 Å². The molecule has 0 radical (unpaired) electrons. The van der Waals surface area contributed by atoms with Crippen LogP contribution in [0.15, 0.2) is 45.2 Å². The predicted molar refractivity (Wildman–Crippen MR) is 94.7 cm³/mol. The highest BCUT2D eigenvalue weighted by Gasteiger charge is 2.33. The quantitative estimate of drug-likeness (QED) is 0.599. The molecule has 0 unspecified atom stereocenters.